The van der Waals surface area contributed by atoms with Gasteiger partial charge in [-0.15, -0.1) is 0 Å². The predicted molar refractivity (Wildman–Crippen MR) is 172 cm³/mol. The molecule has 0 saturated heterocycles. The summed E-state index contributed by atoms with van der Waals surface area (Å²) in [5.74, 6) is -1.15. The first-order chi connectivity index (χ1) is 21.5. The van der Waals surface area contributed by atoms with Gasteiger partial charge < -0.3 is 19.7 Å². The van der Waals surface area contributed by atoms with Gasteiger partial charge in [0, 0.05) is 34.3 Å². The van der Waals surface area contributed by atoms with Crippen LogP contribution in [-0.4, -0.2) is 58.0 Å². The van der Waals surface area contributed by atoms with Gasteiger partial charge in [0.15, 0.2) is 11.5 Å². The molecular formula is C32H36Cl2FN3O6S. The fourth-order valence-corrected chi connectivity index (χ4v) is 7.33. The SMILES string of the molecule is CC[C@H](C(=O)NC1CCCC1)N(Cc1c(Cl)cccc1Cl)C(=O)CN(c1ccc(F)cc1)S(=O)(=O)c1ccc(OC)c(OC)c1. The molecule has 1 aliphatic rings. The van der Waals surface area contributed by atoms with Crippen molar-refractivity contribution in [1.82, 2.24) is 10.2 Å². The van der Waals surface area contributed by atoms with Gasteiger partial charge in [0.05, 0.1) is 24.8 Å². The Hall–Kier alpha value is -3.54. The van der Waals surface area contributed by atoms with E-state index in [9.17, 15) is 22.4 Å². The number of hydrogen-bond acceptors (Lipinski definition) is 6. The third-order valence-electron chi connectivity index (χ3n) is 7.81. The van der Waals surface area contributed by atoms with E-state index in [0.29, 0.717) is 21.4 Å². The summed E-state index contributed by atoms with van der Waals surface area (Å²) >= 11 is 13.0. The van der Waals surface area contributed by atoms with Crippen molar-refractivity contribution >= 4 is 50.7 Å². The molecule has 3 aromatic carbocycles. The van der Waals surface area contributed by atoms with Crippen LogP contribution in [-0.2, 0) is 26.2 Å². The molecule has 0 unspecified atom stereocenters. The van der Waals surface area contributed by atoms with Crippen molar-refractivity contribution in [2.24, 2.45) is 0 Å². The van der Waals surface area contributed by atoms with E-state index >= 15 is 0 Å². The van der Waals surface area contributed by atoms with Crippen LogP contribution in [0.4, 0.5) is 10.1 Å². The quantitative estimate of drug-likeness (QED) is 0.230. The van der Waals surface area contributed by atoms with Crippen molar-refractivity contribution in [1.29, 1.82) is 0 Å². The number of amides is 2. The summed E-state index contributed by atoms with van der Waals surface area (Å²) in [5.41, 5.74) is 0.455. The molecule has 1 N–H and O–H groups in total. The Morgan fingerprint density at radius 2 is 1.60 bits per heavy atom. The number of methoxy groups -OCH3 is 2. The molecular weight excluding hydrogens is 644 g/mol. The standard InChI is InChI=1S/C32H36Cl2FN3O6S/c1-4-28(32(40)36-22-8-5-6-9-22)37(19-25-26(33)10-7-11-27(25)34)31(39)20-38(23-14-12-21(35)13-15-23)45(41,42)24-16-17-29(43-2)30(18-24)44-3/h7,10-18,22,28H,4-6,8-9,19-20H2,1-3H3,(H,36,40)/t28-/m1/s1. The molecule has 0 spiro atoms. The van der Waals surface area contributed by atoms with Crippen LogP contribution >= 0.6 is 23.2 Å². The molecule has 1 fully saturated rings. The average molecular weight is 681 g/mol. The van der Waals surface area contributed by atoms with Crippen molar-refractivity contribution in [3.63, 3.8) is 0 Å². The summed E-state index contributed by atoms with van der Waals surface area (Å²) in [6.07, 6.45) is 3.93. The Kier molecular flexibility index (Phi) is 11.6. The Balaban J connectivity index is 1.77. The van der Waals surface area contributed by atoms with E-state index in [4.69, 9.17) is 32.7 Å². The molecule has 0 heterocycles. The average Bonchev–Trinajstić information content (AvgIpc) is 3.54. The van der Waals surface area contributed by atoms with Crippen molar-refractivity contribution in [2.45, 2.75) is 62.6 Å². The highest BCUT2D eigenvalue weighted by Crippen LogP contribution is 2.33. The zero-order valence-corrected chi connectivity index (χ0v) is 27.6. The van der Waals surface area contributed by atoms with Crippen LogP contribution in [0, 0.1) is 5.82 Å². The molecule has 45 heavy (non-hydrogen) atoms. The van der Waals surface area contributed by atoms with Crippen LogP contribution in [0.1, 0.15) is 44.6 Å². The fourth-order valence-electron chi connectivity index (χ4n) is 5.38. The summed E-state index contributed by atoms with van der Waals surface area (Å²) in [6, 6.07) is 12.7. The third-order valence-corrected chi connectivity index (χ3v) is 10.3. The van der Waals surface area contributed by atoms with E-state index in [1.807, 2.05) is 0 Å². The second kappa shape index (κ2) is 15.2. The first-order valence-corrected chi connectivity index (χ1v) is 16.7. The van der Waals surface area contributed by atoms with Crippen molar-refractivity contribution in [3.8, 4) is 11.5 Å². The van der Waals surface area contributed by atoms with E-state index in [-0.39, 0.29) is 41.2 Å². The summed E-state index contributed by atoms with van der Waals surface area (Å²) in [6.45, 7) is 0.907. The Labute approximate surface area is 273 Å². The predicted octanol–water partition coefficient (Wildman–Crippen LogP) is 6.21. The van der Waals surface area contributed by atoms with Crippen LogP contribution in [0.5, 0.6) is 11.5 Å². The van der Waals surface area contributed by atoms with E-state index in [1.165, 1.54) is 49.5 Å². The van der Waals surface area contributed by atoms with Gasteiger partial charge in [0.25, 0.3) is 10.0 Å². The number of benzene rings is 3. The fraction of sp³-hybridized carbons (Fsp3) is 0.375. The van der Waals surface area contributed by atoms with Crippen molar-refractivity contribution < 1.29 is 31.9 Å². The minimum atomic E-state index is -4.44. The van der Waals surface area contributed by atoms with Gasteiger partial charge in [-0.3, -0.25) is 13.9 Å². The van der Waals surface area contributed by atoms with E-state index in [2.05, 4.69) is 5.32 Å². The normalized spacial score (nSPS) is 14.1. The van der Waals surface area contributed by atoms with Gasteiger partial charge >= 0.3 is 0 Å². The maximum Gasteiger partial charge on any atom is 0.264 e. The monoisotopic (exact) mass is 679 g/mol. The molecule has 9 nitrogen and oxygen atoms in total. The molecule has 4 rings (SSSR count). The van der Waals surface area contributed by atoms with Gasteiger partial charge in [0.1, 0.15) is 18.4 Å². The Morgan fingerprint density at radius 1 is 0.978 bits per heavy atom. The largest absolute Gasteiger partial charge is 0.493 e. The number of nitrogens with one attached hydrogen (secondary N) is 1. The molecule has 0 radical (unpaired) electrons. The van der Waals surface area contributed by atoms with E-state index in [0.717, 1.165) is 42.1 Å². The summed E-state index contributed by atoms with van der Waals surface area (Å²) in [7, 11) is -1.65. The summed E-state index contributed by atoms with van der Waals surface area (Å²) < 4.78 is 53.7. The molecule has 1 aliphatic carbocycles. The number of carbonyl (C=O) groups excluding carboxylic acids is 2. The zero-order chi connectivity index (χ0) is 32.7. The van der Waals surface area contributed by atoms with Gasteiger partial charge in [-0.25, -0.2) is 12.8 Å². The lowest BCUT2D eigenvalue weighted by atomic mass is 10.1. The van der Waals surface area contributed by atoms with Crippen LogP contribution in [0.3, 0.4) is 0 Å². The van der Waals surface area contributed by atoms with Gasteiger partial charge in [0.2, 0.25) is 11.8 Å². The molecule has 1 atom stereocenters. The highest BCUT2D eigenvalue weighted by molar-refractivity contribution is 7.92. The van der Waals surface area contributed by atoms with Crippen LogP contribution in [0.2, 0.25) is 10.0 Å². The highest BCUT2D eigenvalue weighted by Gasteiger charge is 2.35. The lowest BCUT2D eigenvalue weighted by molar-refractivity contribution is -0.140. The van der Waals surface area contributed by atoms with Gasteiger partial charge in [-0.2, -0.15) is 0 Å². The molecule has 0 aromatic heterocycles. The lowest BCUT2D eigenvalue weighted by Gasteiger charge is -2.34. The maximum atomic E-state index is 14.3. The Morgan fingerprint density at radius 3 is 2.18 bits per heavy atom. The molecule has 13 heteroatoms. The first-order valence-electron chi connectivity index (χ1n) is 14.5. The van der Waals surface area contributed by atoms with Crippen LogP contribution in [0.25, 0.3) is 0 Å². The number of hydrogen-bond donors (Lipinski definition) is 1. The number of carbonyl (C=O) groups is 2. The molecule has 1 saturated carbocycles. The number of rotatable bonds is 13. The first kappa shape index (κ1) is 34.3. The zero-order valence-electron chi connectivity index (χ0n) is 25.3. The Bertz CT molecular complexity index is 1600. The summed E-state index contributed by atoms with van der Waals surface area (Å²) in [5, 5.41) is 3.64. The smallest absolute Gasteiger partial charge is 0.264 e. The number of ether oxygens (including phenoxy) is 2. The molecule has 0 bridgehead atoms. The third kappa shape index (κ3) is 8.01. The maximum absolute atomic E-state index is 14.3. The van der Waals surface area contributed by atoms with E-state index < -0.39 is 34.3 Å². The van der Waals surface area contributed by atoms with Crippen LogP contribution < -0.4 is 19.1 Å². The highest BCUT2D eigenvalue weighted by atomic mass is 35.5. The topological polar surface area (TPSA) is 105 Å². The minimum absolute atomic E-state index is 0.00597. The number of anilines is 1. The van der Waals surface area contributed by atoms with Crippen LogP contribution in [0.15, 0.2) is 65.6 Å². The molecule has 3 aromatic rings. The lowest BCUT2D eigenvalue weighted by Crippen LogP contribution is -2.53. The molecule has 2 amide bonds. The van der Waals surface area contributed by atoms with E-state index in [1.54, 1.807) is 25.1 Å². The molecule has 242 valence electrons. The second-order valence-electron chi connectivity index (χ2n) is 10.6. The van der Waals surface area contributed by atoms with Crippen molar-refractivity contribution in [3.05, 3.63) is 82.1 Å². The van der Waals surface area contributed by atoms with Crippen molar-refractivity contribution in [2.75, 3.05) is 25.1 Å². The minimum Gasteiger partial charge on any atom is -0.493 e. The molecule has 0 aliphatic heterocycles. The summed E-state index contributed by atoms with van der Waals surface area (Å²) in [4.78, 5) is 29.0. The number of sulfonamides is 1. The van der Waals surface area contributed by atoms with Gasteiger partial charge in [-0.1, -0.05) is 49.0 Å². The van der Waals surface area contributed by atoms with Gasteiger partial charge in [-0.05, 0) is 67.8 Å². The second-order valence-corrected chi connectivity index (χ2v) is 13.3. The number of nitrogens with zero attached hydrogens (tertiary/aromatic N) is 2. The number of halogens is 3.